The summed E-state index contributed by atoms with van der Waals surface area (Å²) in [5.41, 5.74) is 2.54. The van der Waals surface area contributed by atoms with Gasteiger partial charge in [-0.1, -0.05) is 46.8 Å². The summed E-state index contributed by atoms with van der Waals surface area (Å²) >= 11 is 1.39. The highest BCUT2D eigenvalue weighted by molar-refractivity contribution is 7.22. The number of benzene rings is 2. The molecular formula is C19H15N3O3S. The molecule has 0 bridgehead atoms. The fourth-order valence-electron chi connectivity index (χ4n) is 2.67. The molecule has 2 heterocycles. The number of fused-ring (bicyclic) bond motifs is 1. The molecule has 130 valence electrons. The van der Waals surface area contributed by atoms with Crippen LogP contribution in [0.2, 0.25) is 0 Å². The van der Waals surface area contributed by atoms with E-state index in [9.17, 15) is 4.79 Å². The van der Waals surface area contributed by atoms with Crippen LogP contribution in [0.3, 0.4) is 0 Å². The number of ether oxygens (including phenoxy) is 1. The second kappa shape index (κ2) is 6.61. The Bertz CT molecular complexity index is 1090. The molecule has 7 heteroatoms. The van der Waals surface area contributed by atoms with Crippen molar-refractivity contribution >= 4 is 32.6 Å². The van der Waals surface area contributed by atoms with Crippen molar-refractivity contribution in [1.82, 2.24) is 10.1 Å². The largest absolute Gasteiger partial charge is 0.497 e. The Labute approximate surface area is 153 Å². The normalized spacial score (nSPS) is 10.8. The van der Waals surface area contributed by atoms with Crippen molar-refractivity contribution in [1.29, 1.82) is 0 Å². The van der Waals surface area contributed by atoms with Gasteiger partial charge in [0, 0.05) is 5.56 Å². The van der Waals surface area contributed by atoms with Gasteiger partial charge in [-0.3, -0.25) is 10.1 Å². The van der Waals surface area contributed by atoms with Crippen molar-refractivity contribution in [3.63, 3.8) is 0 Å². The average molecular weight is 365 g/mol. The summed E-state index contributed by atoms with van der Waals surface area (Å²) in [7, 11) is 1.62. The zero-order chi connectivity index (χ0) is 18.1. The number of amides is 1. The number of nitrogens with zero attached hydrogens (tertiary/aromatic N) is 2. The first kappa shape index (κ1) is 16.3. The van der Waals surface area contributed by atoms with E-state index in [4.69, 9.17) is 9.26 Å². The lowest BCUT2D eigenvalue weighted by atomic mass is 10.1. The zero-order valence-corrected chi connectivity index (χ0v) is 15.0. The van der Waals surface area contributed by atoms with Crippen LogP contribution in [0.1, 0.15) is 16.1 Å². The number of thiazole rings is 1. The Kier molecular flexibility index (Phi) is 4.14. The van der Waals surface area contributed by atoms with Crippen molar-refractivity contribution in [3.8, 4) is 17.1 Å². The third kappa shape index (κ3) is 2.93. The lowest BCUT2D eigenvalue weighted by Crippen LogP contribution is -2.13. The van der Waals surface area contributed by atoms with Gasteiger partial charge in [0.05, 0.1) is 23.0 Å². The van der Waals surface area contributed by atoms with Crippen LogP contribution in [0.25, 0.3) is 21.5 Å². The fraction of sp³-hybridized carbons (Fsp3) is 0.105. The smallest absolute Gasteiger partial charge is 0.263 e. The Hall–Kier alpha value is -3.19. The number of nitrogens with one attached hydrogen (secondary N) is 1. The average Bonchev–Trinajstić information content (AvgIpc) is 3.24. The monoisotopic (exact) mass is 365 g/mol. The molecule has 0 saturated heterocycles. The van der Waals surface area contributed by atoms with Crippen LogP contribution >= 0.6 is 11.3 Å². The quantitative estimate of drug-likeness (QED) is 0.575. The number of carbonyl (C=O) groups is 1. The first-order valence-corrected chi connectivity index (χ1v) is 8.75. The van der Waals surface area contributed by atoms with E-state index in [2.05, 4.69) is 15.5 Å². The fourth-order valence-corrected chi connectivity index (χ4v) is 3.56. The summed E-state index contributed by atoms with van der Waals surface area (Å²) in [5, 5.41) is 7.31. The van der Waals surface area contributed by atoms with Gasteiger partial charge in [-0.2, -0.15) is 0 Å². The second-order valence-corrected chi connectivity index (χ2v) is 6.68. The Morgan fingerprint density at radius 2 is 2.00 bits per heavy atom. The maximum Gasteiger partial charge on any atom is 0.263 e. The number of aryl methyl sites for hydroxylation is 1. The molecule has 1 N–H and O–H groups in total. The van der Waals surface area contributed by atoms with Crippen molar-refractivity contribution in [2.24, 2.45) is 0 Å². The van der Waals surface area contributed by atoms with Crippen molar-refractivity contribution in [2.75, 3.05) is 12.4 Å². The molecule has 0 atom stereocenters. The molecule has 0 fully saturated rings. The minimum Gasteiger partial charge on any atom is -0.497 e. The van der Waals surface area contributed by atoms with Crippen LogP contribution < -0.4 is 10.1 Å². The number of anilines is 1. The lowest BCUT2D eigenvalue weighted by Gasteiger charge is -2.02. The molecule has 0 radical (unpaired) electrons. The summed E-state index contributed by atoms with van der Waals surface area (Å²) in [6, 6.07) is 15.0. The van der Waals surface area contributed by atoms with E-state index in [1.165, 1.54) is 11.3 Å². The number of hydrogen-bond donors (Lipinski definition) is 1. The molecule has 4 aromatic rings. The van der Waals surface area contributed by atoms with Crippen LogP contribution in [-0.4, -0.2) is 23.2 Å². The van der Waals surface area contributed by atoms with Crippen LogP contribution in [0.4, 0.5) is 5.13 Å². The Balaban J connectivity index is 1.66. The van der Waals surface area contributed by atoms with Crippen LogP contribution in [0.5, 0.6) is 5.75 Å². The molecule has 0 spiro atoms. The summed E-state index contributed by atoms with van der Waals surface area (Å²) in [4.78, 5) is 17.3. The third-order valence-corrected chi connectivity index (χ3v) is 4.88. The number of carbonyl (C=O) groups excluding carboxylic acids is 1. The number of methoxy groups -OCH3 is 1. The van der Waals surface area contributed by atoms with Gasteiger partial charge in [0.25, 0.3) is 5.91 Å². The van der Waals surface area contributed by atoms with E-state index >= 15 is 0 Å². The van der Waals surface area contributed by atoms with E-state index in [1.807, 2.05) is 48.5 Å². The first-order chi connectivity index (χ1) is 12.7. The molecule has 2 aromatic heterocycles. The maximum atomic E-state index is 12.8. The molecule has 0 saturated carbocycles. The van der Waals surface area contributed by atoms with Gasteiger partial charge >= 0.3 is 0 Å². The van der Waals surface area contributed by atoms with Gasteiger partial charge in [0.15, 0.2) is 10.9 Å². The molecule has 2 aromatic carbocycles. The first-order valence-electron chi connectivity index (χ1n) is 7.93. The van der Waals surface area contributed by atoms with Crippen LogP contribution in [0.15, 0.2) is 53.1 Å². The minimum atomic E-state index is -0.298. The standard InChI is InChI=1S/C19H15N3O3S/c1-11-16(17(25-22-11)12-6-4-3-5-7-12)18(23)21-19-20-14-9-8-13(24-2)10-15(14)26-19/h3-10H,1-2H3,(H,20,21,23). The SMILES string of the molecule is COc1ccc2nc(NC(=O)c3c(C)noc3-c3ccccc3)sc2c1. The molecule has 0 unspecified atom stereocenters. The third-order valence-electron chi connectivity index (χ3n) is 3.94. The van der Waals surface area contributed by atoms with Crippen molar-refractivity contribution in [2.45, 2.75) is 6.92 Å². The highest BCUT2D eigenvalue weighted by atomic mass is 32.1. The van der Waals surface area contributed by atoms with E-state index in [0.717, 1.165) is 21.5 Å². The van der Waals surface area contributed by atoms with Crippen molar-refractivity contribution < 1.29 is 14.1 Å². The zero-order valence-electron chi connectivity index (χ0n) is 14.1. The van der Waals surface area contributed by atoms with Gasteiger partial charge in [-0.05, 0) is 25.1 Å². The molecule has 4 rings (SSSR count). The van der Waals surface area contributed by atoms with Crippen molar-refractivity contribution in [3.05, 3.63) is 59.8 Å². The van der Waals surface area contributed by atoms with E-state index in [0.29, 0.717) is 22.1 Å². The minimum absolute atomic E-state index is 0.298. The summed E-state index contributed by atoms with van der Waals surface area (Å²) in [5.74, 6) is 0.900. The van der Waals surface area contributed by atoms with Gasteiger partial charge in [0.1, 0.15) is 11.3 Å². The predicted molar refractivity (Wildman–Crippen MR) is 101 cm³/mol. The molecule has 0 aliphatic carbocycles. The van der Waals surface area contributed by atoms with Crippen LogP contribution in [0, 0.1) is 6.92 Å². The number of aromatic nitrogens is 2. The molecule has 1 amide bonds. The molecule has 0 aliphatic rings. The van der Waals surface area contributed by atoms with Crippen LogP contribution in [-0.2, 0) is 0 Å². The maximum absolute atomic E-state index is 12.8. The molecule has 0 aliphatic heterocycles. The van der Waals surface area contributed by atoms with E-state index in [-0.39, 0.29) is 5.91 Å². The number of hydrogen-bond acceptors (Lipinski definition) is 6. The predicted octanol–water partition coefficient (Wildman–Crippen LogP) is 4.52. The summed E-state index contributed by atoms with van der Waals surface area (Å²) in [6.07, 6.45) is 0. The molecular weight excluding hydrogens is 350 g/mol. The Morgan fingerprint density at radius 3 is 2.77 bits per heavy atom. The van der Waals surface area contributed by atoms with Gasteiger partial charge < -0.3 is 9.26 Å². The number of rotatable bonds is 4. The lowest BCUT2D eigenvalue weighted by molar-refractivity contribution is 0.102. The van der Waals surface area contributed by atoms with E-state index in [1.54, 1.807) is 14.0 Å². The highest BCUT2D eigenvalue weighted by Crippen LogP contribution is 2.31. The topological polar surface area (TPSA) is 77.2 Å². The van der Waals surface area contributed by atoms with Gasteiger partial charge in [0.2, 0.25) is 0 Å². The second-order valence-electron chi connectivity index (χ2n) is 5.64. The molecule has 26 heavy (non-hydrogen) atoms. The molecule has 6 nitrogen and oxygen atoms in total. The van der Waals surface area contributed by atoms with E-state index < -0.39 is 0 Å². The van der Waals surface area contributed by atoms with Gasteiger partial charge in [-0.15, -0.1) is 0 Å². The highest BCUT2D eigenvalue weighted by Gasteiger charge is 2.22. The summed E-state index contributed by atoms with van der Waals surface area (Å²) in [6.45, 7) is 1.74. The Morgan fingerprint density at radius 1 is 1.19 bits per heavy atom. The summed E-state index contributed by atoms with van der Waals surface area (Å²) < 4.78 is 11.5. The van der Waals surface area contributed by atoms with Gasteiger partial charge in [-0.25, -0.2) is 4.98 Å².